The quantitative estimate of drug-likeness (QED) is 0.814. The minimum absolute atomic E-state index is 0.180. The molecule has 0 unspecified atom stereocenters. The van der Waals surface area contributed by atoms with E-state index in [0.29, 0.717) is 0 Å². The van der Waals surface area contributed by atoms with E-state index in [1.807, 2.05) is 0 Å². The van der Waals surface area contributed by atoms with Gasteiger partial charge in [-0.1, -0.05) is 11.6 Å². The Labute approximate surface area is 124 Å². The molecule has 0 fully saturated rings. The fraction of sp³-hybridized carbons (Fsp3) is 0.308. The van der Waals surface area contributed by atoms with Crippen molar-refractivity contribution in [1.82, 2.24) is 9.55 Å². The number of aliphatic hydroxyl groups excluding tert-OH is 1. The molecule has 0 atom stereocenters. The van der Waals surface area contributed by atoms with Crippen molar-refractivity contribution in [1.29, 1.82) is 0 Å². The number of hydrogen-bond donors (Lipinski definition) is 2. The number of rotatable bonds is 4. The number of aryl methyl sites for hydroxylation is 1. The third-order valence-electron chi connectivity index (χ3n) is 2.88. The summed E-state index contributed by atoms with van der Waals surface area (Å²) in [5.74, 6) is -1.53. The molecular weight excluding hydrogens is 300 g/mol. The average Bonchev–Trinajstić information content (AvgIpc) is 2.46. The second kappa shape index (κ2) is 6.11. The zero-order valence-electron chi connectivity index (χ0n) is 11.2. The van der Waals surface area contributed by atoms with E-state index in [-0.39, 0.29) is 35.8 Å². The maximum atomic E-state index is 12.3. The summed E-state index contributed by atoms with van der Waals surface area (Å²) < 4.78 is 5.94. The lowest BCUT2D eigenvalue weighted by Crippen LogP contribution is -2.28. The first kappa shape index (κ1) is 15.3. The molecule has 0 amide bonds. The smallest absolute Gasteiger partial charge is 0.347 e. The Bertz CT molecular complexity index is 756. The van der Waals surface area contributed by atoms with Gasteiger partial charge in [0.25, 0.3) is 5.56 Å². The zero-order valence-corrected chi connectivity index (χ0v) is 11.9. The summed E-state index contributed by atoms with van der Waals surface area (Å²) in [4.78, 5) is 28.2. The Morgan fingerprint density at radius 3 is 2.86 bits per heavy atom. The number of carbonyl (C=O) groups is 1. The molecule has 0 aromatic carbocycles. The van der Waals surface area contributed by atoms with Crippen LogP contribution in [0, 0.1) is 0 Å². The molecular formula is C13H13ClN2O5. The van der Waals surface area contributed by atoms with Crippen molar-refractivity contribution in [3.8, 4) is 5.75 Å². The molecule has 0 spiro atoms. The molecule has 21 heavy (non-hydrogen) atoms. The van der Waals surface area contributed by atoms with Gasteiger partial charge < -0.3 is 14.9 Å². The van der Waals surface area contributed by atoms with Gasteiger partial charge in [-0.25, -0.2) is 9.78 Å². The minimum Gasteiger partial charge on any atom is -0.506 e. The topological polar surface area (TPSA) is 102 Å². The number of aromatic nitrogens is 2. The number of nitrogens with zero attached hydrogens (tertiary/aromatic N) is 2. The molecule has 0 saturated heterocycles. The Morgan fingerprint density at radius 1 is 1.52 bits per heavy atom. The largest absolute Gasteiger partial charge is 0.506 e. The number of ether oxygens (including phenoxy) is 1. The molecule has 0 radical (unpaired) electrons. The summed E-state index contributed by atoms with van der Waals surface area (Å²) in [6, 6.07) is 1.41. The molecule has 2 aromatic heterocycles. The lowest BCUT2D eigenvalue weighted by Gasteiger charge is -2.12. The van der Waals surface area contributed by atoms with Crippen molar-refractivity contribution in [2.24, 2.45) is 0 Å². The van der Waals surface area contributed by atoms with Gasteiger partial charge in [0, 0.05) is 12.7 Å². The van der Waals surface area contributed by atoms with Crippen LogP contribution in [0.3, 0.4) is 0 Å². The van der Waals surface area contributed by atoms with Gasteiger partial charge >= 0.3 is 5.97 Å². The van der Waals surface area contributed by atoms with Crippen LogP contribution in [0.15, 0.2) is 17.1 Å². The molecule has 0 aliphatic carbocycles. The molecule has 2 N–H and O–H groups in total. The van der Waals surface area contributed by atoms with E-state index in [2.05, 4.69) is 4.98 Å². The van der Waals surface area contributed by atoms with E-state index in [4.69, 9.17) is 21.4 Å². The van der Waals surface area contributed by atoms with Crippen molar-refractivity contribution in [2.75, 3.05) is 13.2 Å². The van der Waals surface area contributed by atoms with E-state index in [1.54, 1.807) is 6.92 Å². The highest BCUT2D eigenvalue weighted by Crippen LogP contribution is 2.27. The van der Waals surface area contributed by atoms with Gasteiger partial charge in [-0.2, -0.15) is 0 Å². The number of fused-ring (bicyclic) bond motifs is 1. The molecule has 0 aliphatic rings. The summed E-state index contributed by atoms with van der Waals surface area (Å²) in [5.41, 5.74) is -0.981. The van der Waals surface area contributed by atoms with Gasteiger partial charge in [-0.3, -0.25) is 9.36 Å². The molecule has 2 aromatic rings. The van der Waals surface area contributed by atoms with Crippen molar-refractivity contribution in [2.45, 2.75) is 13.5 Å². The van der Waals surface area contributed by atoms with Crippen LogP contribution < -0.4 is 5.56 Å². The highest BCUT2D eigenvalue weighted by atomic mass is 35.5. The van der Waals surface area contributed by atoms with Crippen LogP contribution in [-0.4, -0.2) is 38.9 Å². The second-order valence-electron chi connectivity index (χ2n) is 4.16. The first-order chi connectivity index (χ1) is 10.0. The summed E-state index contributed by atoms with van der Waals surface area (Å²) in [5, 5.41) is 19.3. The van der Waals surface area contributed by atoms with Crippen LogP contribution in [0.4, 0.5) is 0 Å². The van der Waals surface area contributed by atoms with E-state index < -0.39 is 22.8 Å². The molecule has 2 heterocycles. The maximum absolute atomic E-state index is 12.3. The number of aromatic hydroxyl groups is 1. The number of aliphatic hydroxyl groups is 1. The lowest BCUT2D eigenvalue weighted by molar-refractivity contribution is 0.0428. The van der Waals surface area contributed by atoms with Gasteiger partial charge in [0.2, 0.25) is 0 Å². The van der Waals surface area contributed by atoms with Gasteiger partial charge in [0.1, 0.15) is 18.0 Å². The molecule has 0 bridgehead atoms. The number of hydrogen-bond acceptors (Lipinski definition) is 6. The fourth-order valence-corrected chi connectivity index (χ4v) is 2.13. The fourth-order valence-electron chi connectivity index (χ4n) is 1.98. The SMILES string of the molecule is CCn1c(=O)c(C(=O)OCCO)c(O)c2cc(Cl)cnc21. The van der Waals surface area contributed by atoms with Gasteiger partial charge in [0.05, 0.1) is 17.0 Å². The zero-order chi connectivity index (χ0) is 15.6. The molecule has 8 heteroatoms. The third-order valence-corrected chi connectivity index (χ3v) is 3.09. The van der Waals surface area contributed by atoms with Crippen LogP contribution in [0.1, 0.15) is 17.3 Å². The van der Waals surface area contributed by atoms with Crippen LogP contribution >= 0.6 is 11.6 Å². The van der Waals surface area contributed by atoms with E-state index >= 15 is 0 Å². The molecule has 0 aliphatic heterocycles. The molecule has 2 rings (SSSR count). The first-order valence-corrected chi connectivity index (χ1v) is 6.58. The lowest BCUT2D eigenvalue weighted by atomic mass is 10.1. The average molecular weight is 313 g/mol. The van der Waals surface area contributed by atoms with E-state index in [9.17, 15) is 14.7 Å². The van der Waals surface area contributed by atoms with E-state index in [1.165, 1.54) is 16.8 Å². The van der Waals surface area contributed by atoms with Gasteiger partial charge in [0.15, 0.2) is 5.56 Å². The number of halogens is 1. The molecule has 7 nitrogen and oxygen atoms in total. The number of pyridine rings is 2. The van der Waals surface area contributed by atoms with Crippen molar-refractivity contribution >= 4 is 28.6 Å². The first-order valence-electron chi connectivity index (χ1n) is 6.20. The van der Waals surface area contributed by atoms with Crippen LogP contribution in [-0.2, 0) is 11.3 Å². The molecule has 112 valence electrons. The summed E-state index contributed by atoms with van der Waals surface area (Å²) in [7, 11) is 0. The third kappa shape index (κ3) is 2.70. The summed E-state index contributed by atoms with van der Waals surface area (Å²) in [6.07, 6.45) is 1.35. The summed E-state index contributed by atoms with van der Waals surface area (Å²) >= 11 is 5.83. The summed E-state index contributed by atoms with van der Waals surface area (Å²) in [6.45, 7) is 1.31. The highest BCUT2D eigenvalue weighted by Gasteiger charge is 2.23. The normalized spacial score (nSPS) is 10.8. The van der Waals surface area contributed by atoms with Crippen LogP contribution in [0.5, 0.6) is 5.75 Å². The van der Waals surface area contributed by atoms with Crippen molar-refractivity contribution < 1.29 is 19.7 Å². The van der Waals surface area contributed by atoms with Crippen molar-refractivity contribution in [3.63, 3.8) is 0 Å². The van der Waals surface area contributed by atoms with Crippen LogP contribution in [0.2, 0.25) is 5.02 Å². The Balaban J connectivity index is 2.76. The Kier molecular flexibility index (Phi) is 4.44. The Hall–Kier alpha value is -2.12. The number of esters is 1. The Morgan fingerprint density at radius 2 is 2.24 bits per heavy atom. The predicted molar refractivity (Wildman–Crippen MR) is 75.7 cm³/mol. The van der Waals surface area contributed by atoms with Crippen LogP contribution in [0.25, 0.3) is 11.0 Å². The molecule has 0 saturated carbocycles. The maximum Gasteiger partial charge on any atom is 0.347 e. The van der Waals surface area contributed by atoms with Crippen molar-refractivity contribution in [3.05, 3.63) is 33.2 Å². The highest BCUT2D eigenvalue weighted by molar-refractivity contribution is 6.31. The second-order valence-corrected chi connectivity index (χ2v) is 4.59. The number of carbonyl (C=O) groups excluding carboxylic acids is 1. The minimum atomic E-state index is -1.00. The monoisotopic (exact) mass is 312 g/mol. The van der Waals surface area contributed by atoms with Gasteiger partial charge in [-0.15, -0.1) is 0 Å². The standard InChI is InChI=1S/C13H13ClN2O5/c1-2-16-11-8(5-7(14)6-15-11)10(18)9(12(16)19)13(20)21-4-3-17/h5-6,17-18H,2-4H2,1H3. The van der Waals surface area contributed by atoms with Gasteiger partial charge in [-0.05, 0) is 13.0 Å². The predicted octanol–water partition coefficient (Wildman–Crippen LogP) is 0.924. The van der Waals surface area contributed by atoms with E-state index in [0.717, 1.165) is 0 Å².